The molecule has 1 aliphatic carbocycles. The molecule has 0 aliphatic heterocycles. The topological polar surface area (TPSA) is 68.3 Å². The molecule has 23 heavy (non-hydrogen) atoms. The number of esters is 1. The number of carbonyl (C=O) groups is 2. The van der Waals surface area contributed by atoms with Crippen molar-refractivity contribution < 1.29 is 14.3 Å². The number of anilines is 1. The summed E-state index contributed by atoms with van der Waals surface area (Å²) in [7, 11) is 1.36. The Balaban J connectivity index is 1.61. The number of hydrogen-bond donors (Lipinski definition) is 1. The predicted molar refractivity (Wildman–Crippen MR) is 89.4 cm³/mol. The monoisotopic (exact) mass is 350 g/mol. The van der Waals surface area contributed by atoms with E-state index in [0.29, 0.717) is 23.0 Å². The van der Waals surface area contributed by atoms with Crippen molar-refractivity contribution in [2.24, 2.45) is 11.8 Å². The molecule has 3 rings (SSSR count). The van der Waals surface area contributed by atoms with Crippen LogP contribution in [0.15, 0.2) is 29.6 Å². The number of benzene rings is 1. The molecule has 0 saturated heterocycles. The number of nitrogens with one attached hydrogen (secondary N) is 1. The summed E-state index contributed by atoms with van der Waals surface area (Å²) in [5.41, 5.74) is 1.57. The number of rotatable bonds is 4. The van der Waals surface area contributed by atoms with Crippen LogP contribution in [-0.2, 0) is 14.3 Å². The van der Waals surface area contributed by atoms with Crippen molar-refractivity contribution >= 4 is 39.9 Å². The van der Waals surface area contributed by atoms with Crippen molar-refractivity contribution in [1.29, 1.82) is 0 Å². The zero-order chi connectivity index (χ0) is 16.4. The largest absolute Gasteiger partial charge is 0.469 e. The van der Waals surface area contributed by atoms with Crippen molar-refractivity contribution in [3.8, 4) is 11.3 Å². The summed E-state index contributed by atoms with van der Waals surface area (Å²) in [6.07, 6.45) is 1.06. The molecule has 0 atom stereocenters. The van der Waals surface area contributed by atoms with Crippen LogP contribution in [0.4, 0.5) is 5.13 Å². The number of amides is 1. The Bertz CT molecular complexity index is 740. The van der Waals surface area contributed by atoms with Gasteiger partial charge in [0.1, 0.15) is 0 Å². The molecule has 0 bridgehead atoms. The molecule has 0 spiro atoms. The third-order valence-electron chi connectivity index (χ3n) is 3.93. The van der Waals surface area contributed by atoms with Gasteiger partial charge in [-0.05, 0) is 18.9 Å². The van der Waals surface area contributed by atoms with Gasteiger partial charge in [0.25, 0.3) is 0 Å². The zero-order valence-corrected chi connectivity index (χ0v) is 14.0. The van der Waals surface area contributed by atoms with Crippen LogP contribution in [0.1, 0.15) is 12.8 Å². The number of hydrogen-bond acceptors (Lipinski definition) is 5. The van der Waals surface area contributed by atoms with Crippen LogP contribution >= 0.6 is 22.9 Å². The molecular formula is C16H15ClN2O3S. The smallest absolute Gasteiger partial charge is 0.308 e. The molecule has 0 radical (unpaired) electrons. The molecular weight excluding hydrogens is 336 g/mol. The highest BCUT2D eigenvalue weighted by atomic mass is 35.5. The second kappa shape index (κ2) is 6.68. The van der Waals surface area contributed by atoms with Gasteiger partial charge in [-0.2, -0.15) is 0 Å². The molecule has 7 heteroatoms. The molecule has 1 amide bonds. The van der Waals surface area contributed by atoms with Gasteiger partial charge in [-0.15, -0.1) is 11.3 Å². The number of carbonyl (C=O) groups excluding carboxylic acids is 2. The van der Waals surface area contributed by atoms with E-state index in [-0.39, 0.29) is 23.7 Å². The third kappa shape index (κ3) is 3.38. The number of nitrogens with zero attached hydrogens (tertiary/aromatic N) is 1. The van der Waals surface area contributed by atoms with E-state index in [9.17, 15) is 9.59 Å². The SMILES string of the molecule is COC(=O)C1CC(C(=O)Nc2nc(-c3ccccc3Cl)cs2)C1. The van der Waals surface area contributed by atoms with E-state index in [0.717, 1.165) is 11.3 Å². The molecule has 1 heterocycles. The van der Waals surface area contributed by atoms with Gasteiger partial charge < -0.3 is 10.1 Å². The second-order valence-electron chi connectivity index (χ2n) is 5.40. The number of halogens is 1. The van der Waals surface area contributed by atoms with E-state index in [2.05, 4.69) is 15.0 Å². The maximum absolute atomic E-state index is 12.1. The van der Waals surface area contributed by atoms with Crippen molar-refractivity contribution in [2.75, 3.05) is 12.4 Å². The summed E-state index contributed by atoms with van der Waals surface area (Å²) in [4.78, 5) is 27.9. The molecule has 5 nitrogen and oxygen atoms in total. The summed E-state index contributed by atoms with van der Waals surface area (Å²) in [5.74, 6) is -0.674. The highest BCUT2D eigenvalue weighted by Crippen LogP contribution is 2.36. The van der Waals surface area contributed by atoms with Gasteiger partial charge in [0.15, 0.2) is 5.13 Å². The van der Waals surface area contributed by atoms with E-state index in [1.165, 1.54) is 18.4 Å². The minimum atomic E-state index is -0.246. The van der Waals surface area contributed by atoms with Gasteiger partial charge in [0, 0.05) is 21.9 Å². The van der Waals surface area contributed by atoms with E-state index in [1.807, 2.05) is 23.6 Å². The molecule has 1 N–H and O–H groups in total. The molecule has 120 valence electrons. The van der Waals surface area contributed by atoms with Gasteiger partial charge in [0.05, 0.1) is 18.7 Å². The molecule has 2 aromatic rings. The molecule has 0 unspecified atom stereocenters. The average Bonchev–Trinajstić information content (AvgIpc) is 2.94. The van der Waals surface area contributed by atoms with Gasteiger partial charge in [-0.1, -0.05) is 29.8 Å². The lowest BCUT2D eigenvalue weighted by Gasteiger charge is -2.31. The number of ether oxygens (including phenoxy) is 1. The van der Waals surface area contributed by atoms with E-state index >= 15 is 0 Å². The molecule has 1 fully saturated rings. The van der Waals surface area contributed by atoms with Crippen LogP contribution in [0, 0.1) is 11.8 Å². The lowest BCUT2D eigenvalue weighted by Crippen LogP contribution is -2.38. The van der Waals surface area contributed by atoms with Gasteiger partial charge in [-0.25, -0.2) is 4.98 Å². The summed E-state index contributed by atoms with van der Waals surface area (Å²) in [5, 5.41) is 5.81. The average molecular weight is 351 g/mol. The number of aromatic nitrogens is 1. The zero-order valence-electron chi connectivity index (χ0n) is 12.4. The van der Waals surface area contributed by atoms with Gasteiger partial charge >= 0.3 is 5.97 Å². The van der Waals surface area contributed by atoms with Crippen molar-refractivity contribution in [3.05, 3.63) is 34.7 Å². The number of thiazole rings is 1. The van der Waals surface area contributed by atoms with Crippen LogP contribution in [0.5, 0.6) is 0 Å². The minimum absolute atomic E-state index is 0.106. The van der Waals surface area contributed by atoms with E-state index in [1.54, 1.807) is 6.07 Å². The van der Waals surface area contributed by atoms with Crippen LogP contribution in [-0.4, -0.2) is 24.0 Å². The van der Waals surface area contributed by atoms with Crippen LogP contribution < -0.4 is 5.32 Å². The number of methoxy groups -OCH3 is 1. The Kier molecular flexibility index (Phi) is 4.63. The van der Waals surface area contributed by atoms with E-state index < -0.39 is 0 Å². The Morgan fingerprint density at radius 2 is 2.04 bits per heavy atom. The summed E-state index contributed by atoms with van der Waals surface area (Å²) >= 11 is 7.50. The van der Waals surface area contributed by atoms with Crippen LogP contribution in [0.25, 0.3) is 11.3 Å². The van der Waals surface area contributed by atoms with Crippen molar-refractivity contribution in [3.63, 3.8) is 0 Å². The third-order valence-corrected chi connectivity index (χ3v) is 5.01. The van der Waals surface area contributed by atoms with Gasteiger partial charge in [0.2, 0.25) is 5.91 Å². The second-order valence-corrected chi connectivity index (χ2v) is 6.66. The van der Waals surface area contributed by atoms with Crippen molar-refractivity contribution in [2.45, 2.75) is 12.8 Å². The first-order valence-corrected chi connectivity index (χ1v) is 8.43. The maximum Gasteiger partial charge on any atom is 0.308 e. The normalized spacial score (nSPS) is 19.7. The van der Waals surface area contributed by atoms with Crippen LogP contribution in [0.2, 0.25) is 5.02 Å². The van der Waals surface area contributed by atoms with Gasteiger partial charge in [-0.3, -0.25) is 9.59 Å². The molecule has 1 aromatic carbocycles. The standard InChI is InChI=1S/C16H15ClN2O3S/c1-22-15(21)10-6-9(7-10)14(20)19-16-18-13(8-23-16)11-4-2-3-5-12(11)17/h2-5,8-10H,6-7H2,1H3,(H,18,19,20). The Labute approximate surface area is 142 Å². The van der Waals surface area contributed by atoms with Crippen molar-refractivity contribution in [1.82, 2.24) is 4.98 Å². The summed E-state index contributed by atoms with van der Waals surface area (Å²) in [6, 6.07) is 7.43. The molecule has 1 saturated carbocycles. The fourth-order valence-corrected chi connectivity index (χ4v) is 3.47. The summed E-state index contributed by atoms with van der Waals surface area (Å²) in [6.45, 7) is 0. The Morgan fingerprint density at radius 1 is 1.30 bits per heavy atom. The Morgan fingerprint density at radius 3 is 2.74 bits per heavy atom. The molecule has 1 aromatic heterocycles. The minimum Gasteiger partial charge on any atom is -0.469 e. The highest BCUT2D eigenvalue weighted by Gasteiger charge is 2.39. The Hall–Kier alpha value is -1.92. The fourth-order valence-electron chi connectivity index (χ4n) is 2.52. The first kappa shape index (κ1) is 16.0. The fraction of sp³-hybridized carbons (Fsp3) is 0.312. The highest BCUT2D eigenvalue weighted by molar-refractivity contribution is 7.14. The lowest BCUT2D eigenvalue weighted by atomic mass is 9.74. The summed E-state index contributed by atoms with van der Waals surface area (Å²) < 4.78 is 4.67. The predicted octanol–water partition coefficient (Wildman–Crippen LogP) is 3.60. The maximum atomic E-state index is 12.1. The molecule has 1 aliphatic rings. The van der Waals surface area contributed by atoms with E-state index in [4.69, 9.17) is 11.6 Å². The lowest BCUT2D eigenvalue weighted by molar-refractivity contribution is -0.151. The first-order valence-electron chi connectivity index (χ1n) is 7.17. The van der Waals surface area contributed by atoms with Crippen LogP contribution in [0.3, 0.4) is 0 Å². The first-order chi connectivity index (χ1) is 11.1. The quantitative estimate of drug-likeness (QED) is 0.855.